The Balaban J connectivity index is 1.84. The van der Waals surface area contributed by atoms with Crippen LogP contribution in [0, 0.1) is 11.8 Å². The summed E-state index contributed by atoms with van der Waals surface area (Å²) in [4.78, 5) is 0. The van der Waals surface area contributed by atoms with Gasteiger partial charge in [0, 0.05) is 12.5 Å². The largest absolute Gasteiger partial charge is 0.316 e. The molecule has 1 N–H and O–H groups in total. The van der Waals surface area contributed by atoms with Crippen LogP contribution in [0.3, 0.4) is 0 Å². The van der Waals surface area contributed by atoms with Crippen molar-refractivity contribution in [3.63, 3.8) is 0 Å². The Morgan fingerprint density at radius 3 is 2.50 bits per heavy atom. The van der Waals surface area contributed by atoms with Crippen LogP contribution in [0.25, 0.3) is 0 Å². The SMILES string of the molecule is FC(C1CC1)C1CCNC1. The number of rotatable bonds is 2. The maximum absolute atomic E-state index is 13.3. The first-order valence-electron chi connectivity index (χ1n) is 4.22. The number of halogens is 1. The molecule has 0 bridgehead atoms. The van der Waals surface area contributed by atoms with Crippen LogP contribution in [-0.4, -0.2) is 19.3 Å². The first-order chi connectivity index (χ1) is 4.88. The minimum absolute atomic E-state index is 0.340. The standard InChI is InChI=1S/C8H14FN/c9-8(6-1-2-6)7-3-4-10-5-7/h6-8,10H,1-5H2. The summed E-state index contributed by atoms with van der Waals surface area (Å²) in [6.07, 6.45) is 2.84. The van der Waals surface area contributed by atoms with Gasteiger partial charge in [-0.15, -0.1) is 0 Å². The summed E-state index contributed by atoms with van der Waals surface area (Å²) < 4.78 is 13.3. The highest BCUT2D eigenvalue weighted by Crippen LogP contribution is 2.39. The minimum Gasteiger partial charge on any atom is -0.316 e. The van der Waals surface area contributed by atoms with Gasteiger partial charge in [0.15, 0.2) is 0 Å². The summed E-state index contributed by atoms with van der Waals surface area (Å²) in [6.45, 7) is 1.94. The predicted molar refractivity (Wildman–Crippen MR) is 38.6 cm³/mol. The third-order valence-corrected chi connectivity index (χ3v) is 2.62. The highest BCUT2D eigenvalue weighted by molar-refractivity contribution is 4.89. The molecule has 2 atom stereocenters. The molecule has 1 heterocycles. The molecule has 1 saturated carbocycles. The van der Waals surface area contributed by atoms with Gasteiger partial charge in [0.25, 0.3) is 0 Å². The lowest BCUT2D eigenvalue weighted by atomic mass is 9.99. The first-order valence-corrected chi connectivity index (χ1v) is 4.22. The highest BCUT2D eigenvalue weighted by Gasteiger charge is 2.37. The van der Waals surface area contributed by atoms with E-state index in [-0.39, 0.29) is 0 Å². The number of hydrogen-bond acceptors (Lipinski definition) is 1. The molecule has 0 aromatic carbocycles. The van der Waals surface area contributed by atoms with Crippen LogP contribution in [0.15, 0.2) is 0 Å². The Labute approximate surface area is 61.0 Å². The fourth-order valence-electron chi connectivity index (χ4n) is 1.75. The van der Waals surface area contributed by atoms with Crippen molar-refractivity contribution in [2.24, 2.45) is 11.8 Å². The summed E-state index contributed by atoms with van der Waals surface area (Å²) in [6, 6.07) is 0. The highest BCUT2D eigenvalue weighted by atomic mass is 19.1. The maximum atomic E-state index is 13.3. The summed E-state index contributed by atoms with van der Waals surface area (Å²) in [5.41, 5.74) is 0. The van der Waals surface area contributed by atoms with Crippen molar-refractivity contribution in [1.29, 1.82) is 0 Å². The molecule has 0 aromatic heterocycles. The van der Waals surface area contributed by atoms with E-state index in [1.54, 1.807) is 0 Å². The number of hydrogen-bond donors (Lipinski definition) is 1. The molecular formula is C8H14FN. The molecule has 2 rings (SSSR count). The zero-order chi connectivity index (χ0) is 6.97. The van der Waals surface area contributed by atoms with E-state index in [2.05, 4.69) is 5.32 Å². The molecule has 10 heavy (non-hydrogen) atoms. The van der Waals surface area contributed by atoms with Crippen molar-refractivity contribution >= 4 is 0 Å². The van der Waals surface area contributed by atoms with Crippen LogP contribution >= 0.6 is 0 Å². The second kappa shape index (κ2) is 2.50. The molecule has 0 aromatic rings. The van der Waals surface area contributed by atoms with Gasteiger partial charge in [-0.1, -0.05) is 0 Å². The predicted octanol–water partition coefficient (Wildman–Crippen LogP) is 1.34. The minimum atomic E-state index is -0.491. The van der Waals surface area contributed by atoms with E-state index in [1.807, 2.05) is 0 Å². The second-order valence-corrected chi connectivity index (χ2v) is 3.53. The van der Waals surface area contributed by atoms with Crippen LogP contribution in [0.4, 0.5) is 4.39 Å². The van der Waals surface area contributed by atoms with Gasteiger partial charge in [-0.2, -0.15) is 0 Å². The average molecular weight is 143 g/mol. The van der Waals surface area contributed by atoms with E-state index < -0.39 is 6.17 Å². The van der Waals surface area contributed by atoms with E-state index in [1.165, 1.54) is 0 Å². The number of nitrogens with one attached hydrogen (secondary N) is 1. The lowest BCUT2D eigenvalue weighted by molar-refractivity contribution is 0.212. The number of alkyl halides is 1. The average Bonchev–Trinajstić information content (AvgIpc) is 2.65. The van der Waals surface area contributed by atoms with Gasteiger partial charge in [0.2, 0.25) is 0 Å². The Morgan fingerprint density at radius 2 is 2.00 bits per heavy atom. The van der Waals surface area contributed by atoms with E-state index >= 15 is 0 Å². The quantitative estimate of drug-likeness (QED) is 0.615. The van der Waals surface area contributed by atoms with Crippen LogP contribution in [0.2, 0.25) is 0 Å². The molecule has 0 radical (unpaired) electrons. The van der Waals surface area contributed by atoms with Crippen LogP contribution in [0.1, 0.15) is 19.3 Å². The molecule has 1 aliphatic heterocycles. The zero-order valence-corrected chi connectivity index (χ0v) is 6.15. The maximum Gasteiger partial charge on any atom is 0.107 e. The van der Waals surface area contributed by atoms with E-state index in [4.69, 9.17) is 0 Å². The van der Waals surface area contributed by atoms with Crippen LogP contribution in [0.5, 0.6) is 0 Å². The third-order valence-electron chi connectivity index (χ3n) is 2.62. The van der Waals surface area contributed by atoms with Crippen molar-refractivity contribution < 1.29 is 4.39 Å². The van der Waals surface area contributed by atoms with Crippen LogP contribution < -0.4 is 5.32 Å². The summed E-state index contributed by atoms with van der Waals surface area (Å²) in [5, 5.41) is 3.20. The molecule has 2 aliphatic rings. The topological polar surface area (TPSA) is 12.0 Å². The Bertz CT molecular complexity index is 116. The Morgan fingerprint density at radius 1 is 1.20 bits per heavy atom. The van der Waals surface area contributed by atoms with E-state index in [9.17, 15) is 4.39 Å². The monoisotopic (exact) mass is 143 g/mol. The lowest BCUT2D eigenvalue weighted by Gasteiger charge is -2.12. The third kappa shape index (κ3) is 1.17. The normalized spacial score (nSPS) is 36.3. The molecule has 1 saturated heterocycles. The zero-order valence-electron chi connectivity index (χ0n) is 6.15. The molecule has 0 amide bonds. The molecule has 2 heteroatoms. The molecule has 0 spiro atoms. The molecule has 58 valence electrons. The first kappa shape index (κ1) is 6.59. The fraction of sp³-hybridized carbons (Fsp3) is 1.00. The van der Waals surface area contributed by atoms with E-state index in [0.29, 0.717) is 11.8 Å². The summed E-state index contributed by atoms with van der Waals surface area (Å²) >= 11 is 0. The van der Waals surface area contributed by atoms with Crippen molar-refractivity contribution in [2.75, 3.05) is 13.1 Å². The summed E-state index contributed by atoms with van der Waals surface area (Å²) in [5.74, 6) is 0.775. The van der Waals surface area contributed by atoms with Crippen molar-refractivity contribution in [3.8, 4) is 0 Å². The van der Waals surface area contributed by atoms with Gasteiger partial charge in [0.05, 0.1) is 0 Å². The van der Waals surface area contributed by atoms with Crippen molar-refractivity contribution in [2.45, 2.75) is 25.4 Å². The lowest BCUT2D eigenvalue weighted by Crippen LogP contribution is -2.20. The van der Waals surface area contributed by atoms with Gasteiger partial charge in [0.1, 0.15) is 6.17 Å². The molecule has 2 fully saturated rings. The second-order valence-electron chi connectivity index (χ2n) is 3.53. The molecule has 1 nitrogen and oxygen atoms in total. The van der Waals surface area contributed by atoms with Gasteiger partial charge >= 0.3 is 0 Å². The molecular weight excluding hydrogens is 129 g/mol. The summed E-state index contributed by atoms with van der Waals surface area (Å²) in [7, 11) is 0. The molecule has 2 unspecified atom stereocenters. The van der Waals surface area contributed by atoms with Gasteiger partial charge in [-0.05, 0) is 31.7 Å². The van der Waals surface area contributed by atoms with Gasteiger partial charge < -0.3 is 5.32 Å². The van der Waals surface area contributed by atoms with Gasteiger partial charge in [-0.25, -0.2) is 4.39 Å². The Kier molecular flexibility index (Phi) is 1.65. The van der Waals surface area contributed by atoms with E-state index in [0.717, 1.165) is 32.4 Å². The van der Waals surface area contributed by atoms with Crippen molar-refractivity contribution in [1.82, 2.24) is 5.32 Å². The van der Waals surface area contributed by atoms with Crippen LogP contribution in [-0.2, 0) is 0 Å². The van der Waals surface area contributed by atoms with Crippen molar-refractivity contribution in [3.05, 3.63) is 0 Å². The fourth-order valence-corrected chi connectivity index (χ4v) is 1.75. The molecule has 1 aliphatic carbocycles. The van der Waals surface area contributed by atoms with Gasteiger partial charge in [-0.3, -0.25) is 0 Å². The smallest absolute Gasteiger partial charge is 0.107 e. The Hall–Kier alpha value is -0.110.